The first-order chi connectivity index (χ1) is 6.72. The summed E-state index contributed by atoms with van der Waals surface area (Å²) < 4.78 is 5.30. The highest BCUT2D eigenvalue weighted by Gasteiger charge is 2.33. The van der Waals surface area contributed by atoms with Gasteiger partial charge in [0.2, 0.25) is 0 Å². The summed E-state index contributed by atoms with van der Waals surface area (Å²) in [5, 5.41) is 7.44. The van der Waals surface area contributed by atoms with Crippen LogP contribution in [0, 0.1) is 5.92 Å². The molecular formula is C11H18N2O. The first-order valence-electron chi connectivity index (χ1n) is 5.36. The summed E-state index contributed by atoms with van der Waals surface area (Å²) in [5.74, 6) is 2.18. The van der Waals surface area contributed by atoms with Gasteiger partial charge in [-0.05, 0) is 25.8 Å². The summed E-state index contributed by atoms with van der Waals surface area (Å²) in [4.78, 5) is 0. The number of nitrogens with one attached hydrogen (secondary N) is 1. The number of nitrogens with zero attached hydrogens (tertiary/aromatic N) is 1. The molecule has 1 unspecified atom stereocenters. The van der Waals surface area contributed by atoms with E-state index in [1.807, 2.05) is 7.05 Å². The van der Waals surface area contributed by atoms with E-state index in [9.17, 15) is 0 Å². The van der Waals surface area contributed by atoms with E-state index < -0.39 is 0 Å². The maximum Gasteiger partial charge on any atom is 0.139 e. The minimum Gasteiger partial charge on any atom is -0.361 e. The molecule has 1 fully saturated rings. The van der Waals surface area contributed by atoms with Gasteiger partial charge in [0.05, 0.1) is 6.04 Å². The predicted octanol–water partition coefficient (Wildman–Crippen LogP) is 2.47. The summed E-state index contributed by atoms with van der Waals surface area (Å²) in [6, 6.07) is 2.48. The highest BCUT2D eigenvalue weighted by Crippen LogP contribution is 2.40. The van der Waals surface area contributed by atoms with Crippen molar-refractivity contribution in [3.63, 3.8) is 0 Å². The van der Waals surface area contributed by atoms with Crippen molar-refractivity contribution in [3.05, 3.63) is 17.5 Å². The topological polar surface area (TPSA) is 38.1 Å². The van der Waals surface area contributed by atoms with Gasteiger partial charge in [-0.3, -0.25) is 0 Å². The Morgan fingerprint density at radius 2 is 2.21 bits per heavy atom. The van der Waals surface area contributed by atoms with E-state index >= 15 is 0 Å². The van der Waals surface area contributed by atoms with Crippen LogP contribution >= 0.6 is 0 Å². The lowest BCUT2D eigenvalue weighted by molar-refractivity contribution is 0.354. The monoisotopic (exact) mass is 194 g/mol. The molecule has 0 amide bonds. The van der Waals surface area contributed by atoms with E-state index in [4.69, 9.17) is 4.52 Å². The molecule has 0 spiro atoms. The Balaban J connectivity index is 2.13. The molecule has 1 atom stereocenters. The quantitative estimate of drug-likeness (QED) is 0.800. The SMILES string of the molecule is CNC(c1cc(C(C)C)on1)C1CC1. The van der Waals surface area contributed by atoms with Gasteiger partial charge in [0, 0.05) is 12.0 Å². The van der Waals surface area contributed by atoms with Crippen molar-refractivity contribution in [2.45, 2.75) is 38.6 Å². The van der Waals surface area contributed by atoms with Crippen LogP contribution in [0.3, 0.4) is 0 Å². The van der Waals surface area contributed by atoms with E-state index in [1.165, 1.54) is 12.8 Å². The minimum atomic E-state index is 0.395. The average molecular weight is 194 g/mol. The van der Waals surface area contributed by atoms with Crippen LogP contribution in [0.25, 0.3) is 0 Å². The fourth-order valence-corrected chi connectivity index (χ4v) is 1.78. The van der Waals surface area contributed by atoms with Crippen LogP contribution in [0.1, 0.15) is 50.1 Å². The third-order valence-electron chi connectivity index (χ3n) is 2.84. The van der Waals surface area contributed by atoms with Crippen LogP contribution in [0.15, 0.2) is 10.6 Å². The molecule has 1 N–H and O–H groups in total. The normalized spacial score (nSPS) is 18.9. The highest BCUT2D eigenvalue weighted by atomic mass is 16.5. The van der Waals surface area contributed by atoms with Crippen LogP contribution in [0.2, 0.25) is 0 Å². The Labute approximate surface area is 84.9 Å². The maximum atomic E-state index is 5.30. The van der Waals surface area contributed by atoms with Gasteiger partial charge in [-0.1, -0.05) is 19.0 Å². The van der Waals surface area contributed by atoms with Crippen molar-refractivity contribution in [2.24, 2.45) is 5.92 Å². The van der Waals surface area contributed by atoms with Gasteiger partial charge < -0.3 is 9.84 Å². The van der Waals surface area contributed by atoms with Crippen molar-refractivity contribution in [1.29, 1.82) is 0 Å². The van der Waals surface area contributed by atoms with E-state index in [1.54, 1.807) is 0 Å². The third-order valence-corrected chi connectivity index (χ3v) is 2.84. The Morgan fingerprint density at radius 3 is 2.64 bits per heavy atom. The molecule has 0 radical (unpaired) electrons. The largest absolute Gasteiger partial charge is 0.361 e. The number of hydrogen-bond acceptors (Lipinski definition) is 3. The summed E-state index contributed by atoms with van der Waals surface area (Å²) in [5.41, 5.74) is 1.07. The standard InChI is InChI=1S/C11H18N2O/c1-7(2)10-6-9(13-14-10)11(12-3)8-4-5-8/h6-8,11-12H,4-5H2,1-3H3. The van der Waals surface area contributed by atoms with Crippen LogP contribution < -0.4 is 5.32 Å². The predicted molar refractivity (Wildman–Crippen MR) is 55.1 cm³/mol. The van der Waals surface area contributed by atoms with E-state index in [0.717, 1.165) is 17.4 Å². The molecule has 14 heavy (non-hydrogen) atoms. The van der Waals surface area contributed by atoms with Crippen molar-refractivity contribution in [3.8, 4) is 0 Å². The third kappa shape index (κ3) is 1.82. The Hall–Kier alpha value is -0.830. The molecule has 1 aromatic rings. The smallest absolute Gasteiger partial charge is 0.139 e. The van der Waals surface area contributed by atoms with Crippen molar-refractivity contribution in [1.82, 2.24) is 10.5 Å². The Morgan fingerprint density at radius 1 is 1.50 bits per heavy atom. The molecule has 1 heterocycles. The fraction of sp³-hybridized carbons (Fsp3) is 0.727. The first-order valence-corrected chi connectivity index (χ1v) is 5.36. The molecule has 1 aromatic heterocycles. The van der Waals surface area contributed by atoms with Gasteiger partial charge in [0.15, 0.2) is 0 Å². The Kier molecular flexibility index (Phi) is 2.59. The van der Waals surface area contributed by atoms with Crippen LogP contribution in [0.5, 0.6) is 0 Å². The molecule has 0 aromatic carbocycles. The molecule has 0 bridgehead atoms. The number of aromatic nitrogens is 1. The number of rotatable bonds is 4. The lowest BCUT2D eigenvalue weighted by Gasteiger charge is -2.10. The van der Waals surface area contributed by atoms with Crippen LogP contribution in [-0.4, -0.2) is 12.2 Å². The molecular weight excluding hydrogens is 176 g/mol. The molecule has 0 saturated heterocycles. The zero-order valence-corrected chi connectivity index (χ0v) is 9.08. The van der Waals surface area contributed by atoms with E-state index in [0.29, 0.717) is 12.0 Å². The molecule has 1 saturated carbocycles. The summed E-state index contributed by atoms with van der Waals surface area (Å²) >= 11 is 0. The molecule has 1 aliphatic rings. The van der Waals surface area contributed by atoms with Gasteiger partial charge >= 0.3 is 0 Å². The van der Waals surface area contributed by atoms with Crippen LogP contribution in [-0.2, 0) is 0 Å². The Bertz CT molecular complexity index is 302. The maximum absolute atomic E-state index is 5.30. The number of hydrogen-bond donors (Lipinski definition) is 1. The second kappa shape index (κ2) is 3.73. The molecule has 78 valence electrons. The van der Waals surface area contributed by atoms with Gasteiger partial charge in [0.25, 0.3) is 0 Å². The molecule has 0 aliphatic heterocycles. The summed E-state index contributed by atoms with van der Waals surface area (Å²) in [6.45, 7) is 4.24. The highest BCUT2D eigenvalue weighted by molar-refractivity contribution is 5.14. The lowest BCUT2D eigenvalue weighted by atomic mass is 10.1. The van der Waals surface area contributed by atoms with Crippen molar-refractivity contribution in [2.75, 3.05) is 7.05 Å². The van der Waals surface area contributed by atoms with E-state index in [2.05, 4.69) is 30.4 Å². The second-order valence-electron chi connectivity index (χ2n) is 4.41. The van der Waals surface area contributed by atoms with Gasteiger partial charge in [-0.15, -0.1) is 0 Å². The molecule has 3 heteroatoms. The second-order valence-corrected chi connectivity index (χ2v) is 4.41. The summed E-state index contributed by atoms with van der Waals surface area (Å²) in [6.07, 6.45) is 2.63. The zero-order valence-electron chi connectivity index (χ0n) is 9.08. The van der Waals surface area contributed by atoms with E-state index in [-0.39, 0.29) is 0 Å². The molecule has 1 aliphatic carbocycles. The average Bonchev–Trinajstić information content (AvgIpc) is 2.84. The molecule has 2 rings (SSSR count). The molecule has 3 nitrogen and oxygen atoms in total. The van der Waals surface area contributed by atoms with Crippen molar-refractivity contribution >= 4 is 0 Å². The van der Waals surface area contributed by atoms with Crippen LogP contribution in [0.4, 0.5) is 0 Å². The fourth-order valence-electron chi connectivity index (χ4n) is 1.78. The lowest BCUT2D eigenvalue weighted by Crippen LogP contribution is -2.18. The summed E-state index contributed by atoms with van der Waals surface area (Å²) in [7, 11) is 1.99. The van der Waals surface area contributed by atoms with Crippen molar-refractivity contribution < 1.29 is 4.52 Å². The first kappa shape index (κ1) is 9.71. The van der Waals surface area contributed by atoms with Gasteiger partial charge in [-0.25, -0.2) is 0 Å². The van der Waals surface area contributed by atoms with Gasteiger partial charge in [-0.2, -0.15) is 0 Å². The van der Waals surface area contributed by atoms with Gasteiger partial charge in [0.1, 0.15) is 11.5 Å². The minimum absolute atomic E-state index is 0.395. The zero-order chi connectivity index (χ0) is 10.1.